The maximum atomic E-state index is 5.61. The second-order valence-electron chi connectivity index (χ2n) is 9.41. The van der Waals surface area contributed by atoms with Gasteiger partial charge in [0.2, 0.25) is 0 Å². The molecule has 3 heterocycles. The molecule has 2 aromatic rings. The van der Waals surface area contributed by atoms with E-state index in [0.29, 0.717) is 18.5 Å². The van der Waals surface area contributed by atoms with Crippen LogP contribution in [-0.4, -0.2) is 64.2 Å². The second-order valence-corrected chi connectivity index (χ2v) is 9.41. The van der Waals surface area contributed by atoms with Gasteiger partial charge in [-0.3, -0.25) is 4.90 Å². The molecule has 8 heteroatoms. The normalized spacial score (nSPS) is 17.7. The van der Waals surface area contributed by atoms with E-state index in [-0.39, 0.29) is 17.8 Å². The van der Waals surface area contributed by atoms with Gasteiger partial charge in [-0.05, 0) is 25.3 Å². The van der Waals surface area contributed by atoms with Crippen LogP contribution in [0.3, 0.4) is 0 Å². The molecule has 7 nitrogen and oxygen atoms in total. The molecule has 2 fully saturated rings. The Morgan fingerprint density at radius 2 is 1.74 bits per heavy atom. The highest BCUT2D eigenvalue weighted by Crippen LogP contribution is 2.37. The fourth-order valence-corrected chi connectivity index (χ4v) is 3.88. The van der Waals surface area contributed by atoms with Crippen LogP contribution in [0.4, 0.5) is 5.82 Å². The van der Waals surface area contributed by atoms with E-state index in [0.717, 1.165) is 50.8 Å². The van der Waals surface area contributed by atoms with Crippen molar-refractivity contribution in [1.29, 1.82) is 0 Å². The van der Waals surface area contributed by atoms with E-state index in [4.69, 9.17) is 14.7 Å². The first-order chi connectivity index (χ1) is 14.5. The van der Waals surface area contributed by atoms with Gasteiger partial charge in [-0.25, -0.2) is 19.9 Å². The first-order valence-electron chi connectivity index (χ1n) is 11.3. The second kappa shape index (κ2) is 10.6. The van der Waals surface area contributed by atoms with E-state index >= 15 is 0 Å². The fourth-order valence-electron chi connectivity index (χ4n) is 3.88. The molecule has 2 aromatic heterocycles. The Hall–Kier alpha value is -1.99. The summed E-state index contributed by atoms with van der Waals surface area (Å²) in [5, 5.41) is 0. The molecule has 0 bridgehead atoms. The topological polar surface area (TPSA) is 67.3 Å². The molecule has 0 unspecified atom stereocenters. The third-order valence-corrected chi connectivity index (χ3v) is 6.01. The predicted octanol–water partition coefficient (Wildman–Crippen LogP) is 3.84. The SMILES string of the molecule is CC(C)(C)c1nc(C2CCC2)cc(N2CCN(CCCOc3ncccn3)CC2)n1.Cl. The lowest BCUT2D eigenvalue weighted by molar-refractivity contribution is 0.218. The summed E-state index contributed by atoms with van der Waals surface area (Å²) in [5.41, 5.74) is 1.22. The van der Waals surface area contributed by atoms with Crippen LogP contribution in [0.2, 0.25) is 0 Å². The maximum absolute atomic E-state index is 5.61. The summed E-state index contributed by atoms with van der Waals surface area (Å²) in [5.74, 6) is 2.72. The largest absolute Gasteiger partial charge is 0.463 e. The summed E-state index contributed by atoms with van der Waals surface area (Å²) in [6, 6.07) is 4.51. The van der Waals surface area contributed by atoms with E-state index < -0.39 is 0 Å². The monoisotopic (exact) mass is 446 g/mol. The van der Waals surface area contributed by atoms with Crippen molar-refractivity contribution >= 4 is 18.2 Å². The van der Waals surface area contributed by atoms with E-state index in [1.807, 2.05) is 0 Å². The lowest BCUT2D eigenvalue weighted by Gasteiger charge is -2.36. The van der Waals surface area contributed by atoms with Crippen molar-refractivity contribution in [3.63, 3.8) is 0 Å². The third kappa shape index (κ3) is 6.26. The first kappa shape index (κ1) is 23.7. The van der Waals surface area contributed by atoms with Gasteiger partial charge in [-0.1, -0.05) is 27.2 Å². The highest BCUT2D eigenvalue weighted by Gasteiger charge is 2.27. The Balaban J connectivity index is 0.00000272. The zero-order chi connectivity index (χ0) is 21.0. The number of hydrogen-bond acceptors (Lipinski definition) is 7. The molecular formula is C23H35ClN6O. The summed E-state index contributed by atoms with van der Waals surface area (Å²) in [6.45, 7) is 12.4. The van der Waals surface area contributed by atoms with E-state index in [9.17, 15) is 0 Å². The van der Waals surface area contributed by atoms with Crippen LogP contribution in [0.15, 0.2) is 24.5 Å². The van der Waals surface area contributed by atoms with Crippen molar-refractivity contribution in [2.24, 2.45) is 0 Å². The molecule has 0 atom stereocenters. The van der Waals surface area contributed by atoms with Gasteiger partial charge in [0.15, 0.2) is 0 Å². The number of piperazine rings is 1. The zero-order valence-corrected chi connectivity index (χ0v) is 19.8. The molecule has 0 radical (unpaired) electrons. The van der Waals surface area contributed by atoms with Crippen LogP contribution >= 0.6 is 12.4 Å². The molecule has 0 aromatic carbocycles. The molecule has 31 heavy (non-hydrogen) atoms. The molecule has 170 valence electrons. The van der Waals surface area contributed by atoms with Crippen molar-refractivity contribution in [3.8, 4) is 6.01 Å². The van der Waals surface area contributed by atoms with Crippen molar-refractivity contribution in [3.05, 3.63) is 36.0 Å². The van der Waals surface area contributed by atoms with Crippen molar-refractivity contribution in [2.75, 3.05) is 44.2 Å². The number of ether oxygens (including phenoxy) is 1. The molecule has 1 saturated carbocycles. The van der Waals surface area contributed by atoms with Crippen molar-refractivity contribution in [1.82, 2.24) is 24.8 Å². The number of halogens is 1. The minimum atomic E-state index is -0.0290. The number of hydrogen-bond donors (Lipinski definition) is 0. The molecule has 0 N–H and O–H groups in total. The molecule has 1 aliphatic carbocycles. The average Bonchev–Trinajstić information content (AvgIpc) is 2.70. The van der Waals surface area contributed by atoms with Gasteiger partial charge in [0.1, 0.15) is 11.6 Å². The number of nitrogens with zero attached hydrogens (tertiary/aromatic N) is 6. The minimum absolute atomic E-state index is 0. The van der Waals surface area contributed by atoms with Gasteiger partial charge < -0.3 is 9.64 Å². The van der Waals surface area contributed by atoms with E-state index in [2.05, 4.69) is 46.6 Å². The summed E-state index contributed by atoms with van der Waals surface area (Å²) < 4.78 is 5.61. The molecule has 2 aliphatic rings. The lowest BCUT2D eigenvalue weighted by Crippen LogP contribution is -2.47. The summed E-state index contributed by atoms with van der Waals surface area (Å²) >= 11 is 0. The van der Waals surface area contributed by atoms with Gasteiger partial charge >= 0.3 is 6.01 Å². The summed E-state index contributed by atoms with van der Waals surface area (Å²) in [4.78, 5) is 23.0. The Kier molecular flexibility index (Phi) is 8.06. The number of anilines is 1. The van der Waals surface area contributed by atoms with Gasteiger partial charge in [-0.15, -0.1) is 12.4 Å². The van der Waals surface area contributed by atoms with Gasteiger partial charge in [0.25, 0.3) is 0 Å². The summed E-state index contributed by atoms with van der Waals surface area (Å²) in [7, 11) is 0. The lowest BCUT2D eigenvalue weighted by atomic mass is 9.82. The quantitative estimate of drug-likeness (QED) is 0.598. The van der Waals surface area contributed by atoms with Gasteiger partial charge in [-0.2, -0.15) is 0 Å². The smallest absolute Gasteiger partial charge is 0.316 e. The Bertz CT molecular complexity index is 817. The molecule has 4 rings (SSSR count). The van der Waals surface area contributed by atoms with Crippen LogP contribution in [0.1, 0.15) is 63.9 Å². The predicted molar refractivity (Wildman–Crippen MR) is 125 cm³/mol. The highest BCUT2D eigenvalue weighted by atomic mass is 35.5. The molecule has 1 saturated heterocycles. The van der Waals surface area contributed by atoms with Crippen LogP contribution in [-0.2, 0) is 5.41 Å². The third-order valence-electron chi connectivity index (χ3n) is 6.01. The van der Waals surface area contributed by atoms with E-state index in [1.54, 1.807) is 18.5 Å². The first-order valence-corrected chi connectivity index (χ1v) is 11.3. The molecule has 1 aliphatic heterocycles. The molecular weight excluding hydrogens is 412 g/mol. The number of rotatable bonds is 7. The maximum Gasteiger partial charge on any atom is 0.316 e. The molecule has 0 amide bonds. The average molecular weight is 447 g/mol. The Morgan fingerprint density at radius 3 is 2.35 bits per heavy atom. The van der Waals surface area contributed by atoms with Gasteiger partial charge in [0, 0.05) is 68.2 Å². The Morgan fingerprint density at radius 1 is 1.03 bits per heavy atom. The van der Waals surface area contributed by atoms with E-state index in [1.165, 1.54) is 25.0 Å². The Labute approximate surface area is 192 Å². The van der Waals surface area contributed by atoms with Crippen LogP contribution < -0.4 is 9.64 Å². The fraction of sp³-hybridized carbons (Fsp3) is 0.652. The summed E-state index contributed by atoms with van der Waals surface area (Å²) in [6.07, 6.45) is 8.25. The minimum Gasteiger partial charge on any atom is -0.463 e. The molecule has 0 spiro atoms. The van der Waals surface area contributed by atoms with Crippen molar-refractivity contribution in [2.45, 2.75) is 57.8 Å². The van der Waals surface area contributed by atoms with Crippen LogP contribution in [0, 0.1) is 0 Å². The zero-order valence-electron chi connectivity index (χ0n) is 19.0. The van der Waals surface area contributed by atoms with Crippen LogP contribution in [0.5, 0.6) is 6.01 Å². The van der Waals surface area contributed by atoms with Gasteiger partial charge in [0.05, 0.1) is 6.61 Å². The standard InChI is InChI=1S/C23H34N6O.ClH/c1-23(2,3)21-26-19(18-7-4-8-18)17-20(27-21)29-14-12-28(13-15-29)11-6-16-30-22-24-9-5-10-25-22;/h5,9-10,17-18H,4,6-8,11-16H2,1-3H3;1H. The van der Waals surface area contributed by atoms with Crippen LogP contribution in [0.25, 0.3) is 0 Å². The van der Waals surface area contributed by atoms with Crippen molar-refractivity contribution < 1.29 is 4.74 Å². The number of aromatic nitrogens is 4. The highest BCUT2D eigenvalue weighted by molar-refractivity contribution is 5.85.